The molecule has 1 heterocycles. The molecule has 0 aromatic carbocycles. The third-order valence-corrected chi connectivity index (χ3v) is 3.29. The number of hydrogen-bond acceptors (Lipinski definition) is 2. The van der Waals surface area contributed by atoms with Gasteiger partial charge in [0.2, 0.25) is 0 Å². The lowest BCUT2D eigenvalue weighted by Crippen LogP contribution is -2.33. The average Bonchev–Trinajstić information content (AvgIpc) is 2.28. The summed E-state index contributed by atoms with van der Waals surface area (Å²) in [6, 6.07) is 0. The standard InChI is InChI=1S/C12H26N2/c1-4-13-8-11-14-9-5-6-12(2,3)7-10-14/h13H,4-11H2,1-3H3. The number of hydrogen-bond donors (Lipinski definition) is 1. The highest BCUT2D eigenvalue weighted by molar-refractivity contribution is 4.76. The third kappa shape index (κ3) is 4.43. The Balaban J connectivity index is 2.21. The summed E-state index contributed by atoms with van der Waals surface area (Å²) < 4.78 is 0. The van der Waals surface area contributed by atoms with Crippen molar-refractivity contribution in [3.05, 3.63) is 0 Å². The van der Waals surface area contributed by atoms with Crippen LogP contribution in [0.25, 0.3) is 0 Å². The summed E-state index contributed by atoms with van der Waals surface area (Å²) in [4.78, 5) is 2.61. The molecule has 0 unspecified atom stereocenters. The topological polar surface area (TPSA) is 15.3 Å². The molecule has 1 saturated heterocycles. The zero-order valence-corrected chi connectivity index (χ0v) is 10.1. The first-order valence-electron chi connectivity index (χ1n) is 6.07. The van der Waals surface area contributed by atoms with Gasteiger partial charge in [0.25, 0.3) is 0 Å². The van der Waals surface area contributed by atoms with Crippen LogP contribution in [-0.4, -0.2) is 37.6 Å². The number of rotatable bonds is 4. The van der Waals surface area contributed by atoms with Gasteiger partial charge < -0.3 is 10.2 Å². The Hall–Kier alpha value is -0.0800. The van der Waals surface area contributed by atoms with E-state index in [2.05, 4.69) is 31.0 Å². The van der Waals surface area contributed by atoms with Crippen LogP contribution in [0.4, 0.5) is 0 Å². The van der Waals surface area contributed by atoms with Gasteiger partial charge in [-0.3, -0.25) is 0 Å². The normalized spacial score (nSPS) is 23.4. The molecule has 0 aromatic rings. The summed E-state index contributed by atoms with van der Waals surface area (Å²) in [5, 5.41) is 3.40. The first kappa shape index (κ1) is 12.0. The van der Waals surface area contributed by atoms with E-state index in [-0.39, 0.29) is 0 Å². The van der Waals surface area contributed by atoms with E-state index < -0.39 is 0 Å². The largest absolute Gasteiger partial charge is 0.316 e. The Labute approximate surface area is 89.1 Å². The van der Waals surface area contributed by atoms with Crippen molar-refractivity contribution in [2.24, 2.45) is 5.41 Å². The molecule has 2 nitrogen and oxygen atoms in total. The van der Waals surface area contributed by atoms with Crippen LogP contribution in [0, 0.1) is 5.41 Å². The molecular formula is C12H26N2. The number of likely N-dealkylation sites (tertiary alicyclic amines) is 1. The van der Waals surface area contributed by atoms with Crippen LogP contribution < -0.4 is 5.32 Å². The second-order valence-corrected chi connectivity index (χ2v) is 5.21. The van der Waals surface area contributed by atoms with E-state index in [0.717, 1.165) is 13.1 Å². The summed E-state index contributed by atoms with van der Waals surface area (Å²) >= 11 is 0. The van der Waals surface area contributed by atoms with Crippen LogP contribution in [0.5, 0.6) is 0 Å². The summed E-state index contributed by atoms with van der Waals surface area (Å²) in [7, 11) is 0. The summed E-state index contributed by atoms with van der Waals surface area (Å²) in [5.74, 6) is 0. The van der Waals surface area contributed by atoms with Gasteiger partial charge in [-0.2, -0.15) is 0 Å². The molecule has 2 heteroatoms. The van der Waals surface area contributed by atoms with Crippen molar-refractivity contribution in [2.75, 3.05) is 32.7 Å². The highest BCUT2D eigenvalue weighted by Gasteiger charge is 2.22. The van der Waals surface area contributed by atoms with Gasteiger partial charge in [0.05, 0.1) is 0 Å². The fourth-order valence-corrected chi connectivity index (χ4v) is 2.12. The Morgan fingerprint density at radius 1 is 1.21 bits per heavy atom. The zero-order chi connectivity index (χ0) is 10.4. The quantitative estimate of drug-likeness (QED) is 0.696. The van der Waals surface area contributed by atoms with Crippen molar-refractivity contribution in [2.45, 2.75) is 40.0 Å². The Morgan fingerprint density at radius 2 is 2.00 bits per heavy atom. The van der Waals surface area contributed by atoms with Crippen molar-refractivity contribution in [3.63, 3.8) is 0 Å². The summed E-state index contributed by atoms with van der Waals surface area (Å²) in [6.45, 7) is 13.0. The molecule has 0 aliphatic carbocycles. The van der Waals surface area contributed by atoms with Crippen LogP contribution in [0.15, 0.2) is 0 Å². The van der Waals surface area contributed by atoms with E-state index in [9.17, 15) is 0 Å². The predicted octanol–water partition coefficient (Wildman–Crippen LogP) is 2.11. The van der Waals surface area contributed by atoms with Gasteiger partial charge in [0, 0.05) is 13.1 Å². The van der Waals surface area contributed by atoms with Crippen molar-refractivity contribution in [3.8, 4) is 0 Å². The molecule has 1 aliphatic heterocycles. The Morgan fingerprint density at radius 3 is 2.71 bits per heavy atom. The van der Waals surface area contributed by atoms with Gasteiger partial charge in [0.15, 0.2) is 0 Å². The minimum absolute atomic E-state index is 0.576. The molecule has 84 valence electrons. The second-order valence-electron chi connectivity index (χ2n) is 5.21. The summed E-state index contributed by atoms with van der Waals surface area (Å²) in [5.41, 5.74) is 0.576. The van der Waals surface area contributed by atoms with Crippen molar-refractivity contribution in [1.29, 1.82) is 0 Å². The smallest absolute Gasteiger partial charge is 0.0107 e. The molecule has 0 bridgehead atoms. The number of likely N-dealkylation sites (N-methyl/N-ethyl adjacent to an activating group) is 1. The highest BCUT2D eigenvalue weighted by Crippen LogP contribution is 2.29. The molecule has 0 amide bonds. The summed E-state index contributed by atoms with van der Waals surface area (Å²) in [6.07, 6.45) is 4.13. The molecule has 0 aromatic heterocycles. The van der Waals surface area contributed by atoms with Gasteiger partial charge in [-0.25, -0.2) is 0 Å². The average molecular weight is 198 g/mol. The maximum atomic E-state index is 3.40. The molecule has 0 radical (unpaired) electrons. The van der Waals surface area contributed by atoms with E-state index >= 15 is 0 Å². The van der Waals surface area contributed by atoms with Crippen LogP contribution in [0.3, 0.4) is 0 Å². The zero-order valence-electron chi connectivity index (χ0n) is 10.1. The lowest BCUT2D eigenvalue weighted by Gasteiger charge is -2.23. The van der Waals surface area contributed by atoms with Gasteiger partial charge in [-0.1, -0.05) is 20.8 Å². The van der Waals surface area contributed by atoms with Crippen molar-refractivity contribution < 1.29 is 0 Å². The minimum atomic E-state index is 0.576. The molecule has 0 spiro atoms. The van der Waals surface area contributed by atoms with Crippen molar-refractivity contribution >= 4 is 0 Å². The maximum Gasteiger partial charge on any atom is 0.0107 e. The van der Waals surface area contributed by atoms with Crippen LogP contribution >= 0.6 is 0 Å². The van der Waals surface area contributed by atoms with Crippen molar-refractivity contribution in [1.82, 2.24) is 10.2 Å². The molecule has 0 saturated carbocycles. The second kappa shape index (κ2) is 5.72. The van der Waals surface area contributed by atoms with Crippen LogP contribution in [-0.2, 0) is 0 Å². The van der Waals surface area contributed by atoms with Gasteiger partial charge in [-0.05, 0) is 44.3 Å². The molecule has 14 heavy (non-hydrogen) atoms. The van der Waals surface area contributed by atoms with Crippen LogP contribution in [0.1, 0.15) is 40.0 Å². The monoisotopic (exact) mass is 198 g/mol. The van der Waals surface area contributed by atoms with E-state index in [1.165, 1.54) is 38.9 Å². The van der Waals surface area contributed by atoms with Crippen LogP contribution in [0.2, 0.25) is 0 Å². The Kier molecular flexibility index (Phi) is 4.90. The van der Waals surface area contributed by atoms with E-state index in [4.69, 9.17) is 0 Å². The first-order chi connectivity index (χ1) is 6.64. The lowest BCUT2D eigenvalue weighted by atomic mass is 9.85. The molecule has 1 aliphatic rings. The predicted molar refractivity (Wildman–Crippen MR) is 62.6 cm³/mol. The van der Waals surface area contributed by atoms with E-state index in [1.54, 1.807) is 0 Å². The molecule has 1 rings (SSSR count). The first-order valence-corrected chi connectivity index (χ1v) is 6.07. The van der Waals surface area contributed by atoms with Gasteiger partial charge in [0.1, 0.15) is 0 Å². The maximum absolute atomic E-state index is 3.40. The molecule has 0 atom stereocenters. The SMILES string of the molecule is CCNCCN1CCCC(C)(C)CC1. The molecular weight excluding hydrogens is 172 g/mol. The Bertz CT molecular complexity index is 154. The fourth-order valence-electron chi connectivity index (χ4n) is 2.12. The fraction of sp³-hybridized carbons (Fsp3) is 1.00. The number of nitrogens with zero attached hydrogens (tertiary/aromatic N) is 1. The van der Waals surface area contributed by atoms with E-state index in [1.807, 2.05) is 0 Å². The van der Waals surface area contributed by atoms with Gasteiger partial charge in [-0.15, -0.1) is 0 Å². The third-order valence-electron chi connectivity index (χ3n) is 3.29. The lowest BCUT2D eigenvalue weighted by molar-refractivity contribution is 0.262. The molecule has 1 fully saturated rings. The highest BCUT2D eigenvalue weighted by atomic mass is 15.1. The van der Waals surface area contributed by atoms with Gasteiger partial charge >= 0.3 is 0 Å². The number of nitrogens with one attached hydrogen (secondary N) is 1. The molecule has 1 N–H and O–H groups in total. The minimum Gasteiger partial charge on any atom is -0.316 e. The van der Waals surface area contributed by atoms with E-state index in [0.29, 0.717) is 5.41 Å².